The Morgan fingerprint density at radius 1 is 1.09 bits per heavy atom. The van der Waals surface area contributed by atoms with Crippen LogP contribution in [0.1, 0.15) is 34.9 Å². The zero-order chi connectivity index (χ0) is 23.7. The fraction of sp³-hybridized carbons (Fsp3) is 0.192. The van der Waals surface area contributed by atoms with Gasteiger partial charge in [-0.25, -0.2) is 4.79 Å². The number of carbonyl (C=O) groups excluding carboxylic acids is 1. The fourth-order valence-electron chi connectivity index (χ4n) is 4.06. The number of hydrogen-bond donors (Lipinski definition) is 1. The van der Waals surface area contributed by atoms with Crippen LogP contribution in [-0.2, 0) is 6.42 Å². The van der Waals surface area contributed by atoms with Gasteiger partial charge in [-0.1, -0.05) is 52.7 Å². The maximum absolute atomic E-state index is 13.2. The van der Waals surface area contributed by atoms with Crippen LogP contribution in [0.5, 0.6) is 0 Å². The van der Waals surface area contributed by atoms with E-state index in [0.29, 0.717) is 23.3 Å². The molecule has 5 rings (SSSR count). The molecule has 1 unspecified atom stereocenters. The summed E-state index contributed by atoms with van der Waals surface area (Å²) in [5.74, 6) is 0.853. The van der Waals surface area contributed by atoms with E-state index in [4.69, 9.17) is 21.1 Å². The predicted molar refractivity (Wildman–Crippen MR) is 135 cm³/mol. The molecule has 1 N–H and O–H groups in total. The van der Waals surface area contributed by atoms with Gasteiger partial charge < -0.3 is 9.84 Å². The largest absolute Gasteiger partial charge is 0.334 e. The number of carbonyl (C=O) groups is 1. The highest BCUT2D eigenvalue weighted by atomic mass is 35.5. The molecule has 3 heterocycles. The van der Waals surface area contributed by atoms with Crippen LogP contribution in [0.25, 0.3) is 17.0 Å². The van der Waals surface area contributed by atoms with E-state index in [0.717, 1.165) is 34.4 Å². The van der Waals surface area contributed by atoms with Crippen molar-refractivity contribution in [1.29, 1.82) is 0 Å². The summed E-state index contributed by atoms with van der Waals surface area (Å²) in [4.78, 5) is 20.8. The van der Waals surface area contributed by atoms with Crippen molar-refractivity contribution in [3.63, 3.8) is 0 Å². The minimum Gasteiger partial charge on any atom is -0.334 e. The van der Waals surface area contributed by atoms with Crippen LogP contribution >= 0.6 is 22.9 Å². The van der Waals surface area contributed by atoms with Crippen LogP contribution in [0, 0.1) is 6.92 Å². The van der Waals surface area contributed by atoms with Crippen LogP contribution in [0.2, 0.25) is 5.02 Å². The van der Waals surface area contributed by atoms with Gasteiger partial charge in [0.25, 0.3) is 5.89 Å². The number of urea groups is 1. The molecular weight excluding hydrogens is 468 g/mol. The van der Waals surface area contributed by atoms with Crippen LogP contribution in [0.3, 0.4) is 0 Å². The number of rotatable bonds is 6. The van der Waals surface area contributed by atoms with Crippen LogP contribution in [-0.4, -0.2) is 27.6 Å². The summed E-state index contributed by atoms with van der Waals surface area (Å²) in [7, 11) is 0. The lowest BCUT2D eigenvalue weighted by atomic mass is 9.94. The molecule has 0 aliphatic carbocycles. The van der Waals surface area contributed by atoms with Gasteiger partial charge in [0.2, 0.25) is 5.82 Å². The molecule has 0 fully saturated rings. The van der Waals surface area contributed by atoms with E-state index in [1.54, 1.807) is 28.4 Å². The van der Waals surface area contributed by atoms with E-state index >= 15 is 0 Å². The smallest absolute Gasteiger partial charge is 0.322 e. The predicted octanol–water partition coefficient (Wildman–Crippen LogP) is 6.50. The van der Waals surface area contributed by atoms with E-state index in [9.17, 15) is 4.79 Å². The zero-order valence-corrected chi connectivity index (χ0v) is 20.4. The Labute approximate surface area is 206 Å². The number of thiophene rings is 1. The van der Waals surface area contributed by atoms with Gasteiger partial charge in [0.15, 0.2) is 0 Å². The summed E-state index contributed by atoms with van der Waals surface area (Å²) in [6.07, 6.45) is 0.769. The number of hydrogen-bond acceptors (Lipinski definition) is 5. The van der Waals surface area contributed by atoms with Crippen molar-refractivity contribution in [2.75, 3.05) is 6.54 Å². The second-order valence-corrected chi connectivity index (χ2v) is 9.67. The molecule has 0 radical (unpaired) electrons. The molecule has 1 atom stereocenters. The third-order valence-corrected chi connectivity index (χ3v) is 7.12. The van der Waals surface area contributed by atoms with Crippen LogP contribution < -0.4 is 5.32 Å². The standard InChI is InChI=1S/C26H23ClN4O2S/c1-16-5-7-18(8-6-16)23-22(25-29-24(30-33-25)19-9-11-20(27)12-10-19)17(2)31(26(32)28-23)14-13-21-4-3-15-34-21/h3-12,15,23H,13-14H2,1-2H3,(H,28,32). The van der Waals surface area contributed by atoms with Crippen LogP contribution in [0.15, 0.2) is 76.3 Å². The molecule has 0 saturated heterocycles. The number of nitrogens with zero attached hydrogens (tertiary/aromatic N) is 3. The van der Waals surface area contributed by atoms with Crippen molar-refractivity contribution in [2.45, 2.75) is 26.3 Å². The first-order chi connectivity index (χ1) is 16.5. The lowest BCUT2D eigenvalue weighted by Crippen LogP contribution is -2.46. The van der Waals surface area contributed by atoms with Gasteiger partial charge in [0.05, 0.1) is 11.6 Å². The Balaban J connectivity index is 1.55. The third kappa shape index (κ3) is 4.49. The minimum atomic E-state index is -0.399. The molecule has 8 heteroatoms. The summed E-state index contributed by atoms with van der Waals surface area (Å²) in [6, 6.07) is 19.0. The first-order valence-corrected chi connectivity index (χ1v) is 12.2. The molecule has 1 aliphatic heterocycles. The maximum Gasteiger partial charge on any atom is 0.322 e. The lowest BCUT2D eigenvalue weighted by molar-refractivity contribution is 0.205. The summed E-state index contributed by atoms with van der Waals surface area (Å²) in [5.41, 5.74) is 4.50. The first kappa shape index (κ1) is 22.4. The Kier molecular flexibility index (Phi) is 6.22. The average Bonchev–Trinajstić information content (AvgIpc) is 3.52. The molecule has 2 aromatic heterocycles. The Morgan fingerprint density at radius 3 is 2.56 bits per heavy atom. The van der Waals surface area contributed by atoms with Crippen molar-refractivity contribution in [1.82, 2.24) is 20.4 Å². The molecule has 4 aromatic rings. The second kappa shape index (κ2) is 9.44. The van der Waals surface area contributed by atoms with E-state index in [-0.39, 0.29) is 6.03 Å². The third-order valence-electron chi connectivity index (χ3n) is 5.93. The number of aryl methyl sites for hydroxylation is 1. The van der Waals surface area contributed by atoms with E-state index in [1.807, 2.05) is 61.7 Å². The molecule has 2 aromatic carbocycles. The number of nitrogens with one attached hydrogen (secondary N) is 1. The average molecular weight is 491 g/mol. The van der Waals surface area contributed by atoms with Crippen molar-refractivity contribution < 1.29 is 9.32 Å². The SMILES string of the molecule is CC1=C(c2nc(-c3ccc(Cl)cc3)no2)C(c2ccc(C)cc2)NC(=O)N1CCc1cccs1. The van der Waals surface area contributed by atoms with E-state index in [1.165, 1.54) is 4.88 Å². The van der Waals surface area contributed by atoms with Gasteiger partial charge in [0, 0.05) is 27.7 Å². The highest BCUT2D eigenvalue weighted by Crippen LogP contribution is 2.37. The zero-order valence-electron chi connectivity index (χ0n) is 18.8. The van der Waals surface area contributed by atoms with Crippen molar-refractivity contribution >= 4 is 34.5 Å². The van der Waals surface area contributed by atoms with Crippen molar-refractivity contribution in [3.8, 4) is 11.4 Å². The highest BCUT2D eigenvalue weighted by molar-refractivity contribution is 7.09. The molecule has 0 saturated carbocycles. The van der Waals surface area contributed by atoms with Gasteiger partial charge >= 0.3 is 6.03 Å². The fourth-order valence-corrected chi connectivity index (χ4v) is 4.89. The molecule has 6 nitrogen and oxygen atoms in total. The minimum absolute atomic E-state index is 0.138. The first-order valence-electron chi connectivity index (χ1n) is 11.0. The summed E-state index contributed by atoms with van der Waals surface area (Å²) in [6.45, 7) is 4.53. The number of benzene rings is 2. The van der Waals surface area contributed by atoms with Gasteiger partial charge in [-0.2, -0.15) is 4.98 Å². The summed E-state index contributed by atoms with van der Waals surface area (Å²) in [5, 5.41) is 10.0. The topological polar surface area (TPSA) is 71.3 Å². The molecule has 34 heavy (non-hydrogen) atoms. The van der Waals surface area contributed by atoms with Crippen molar-refractivity contribution in [3.05, 3.63) is 98.7 Å². The second-order valence-electron chi connectivity index (χ2n) is 8.20. The highest BCUT2D eigenvalue weighted by Gasteiger charge is 2.35. The molecule has 0 spiro atoms. The molecule has 1 aliphatic rings. The number of halogens is 1. The lowest BCUT2D eigenvalue weighted by Gasteiger charge is -2.35. The molecule has 2 amide bonds. The van der Waals surface area contributed by atoms with Gasteiger partial charge in [0.1, 0.15) is 0 Å². The summed E-state index contributed by atoms with van der Waals surface area (Å²) < 4.78 is 5.74. The van der Waals surface area contributed by atoms with E-state index in [2.05, 4.69) is 16.5 Å². The summed E-state index contributed by atoms with van der Waals surface area (Å²) >= 11 is 7.71. The number of amides is 2. The molecule has 0 bridgehead atoms. The monoisotopic (exact) mass is 490 g/mol. The van der Waals surface area contributed by atoms with Crippen molar-refractivity contribution in [2.24, 2.45) is 0 Å². The van der Waals surface area contributed by atoms with E-state index < -0.39 is 6.04 Å². The quantitative estimate of drug-likeness (QED) is 0.335. The van der Waals surface area contributed by atoms with Gasteiger partial charge in [-0.15, -0.1) is 11.3 Å². The van der Waals surface area contributed by atoms with Crippen LogP contribution in [0.4, 0.5) is 4.79 Å². The van der Waals surface area contributed by atoms with Gasteiger partial charge in [-0.05, 0) is 61.5 Å². The Bertz CT molecular complexity index is 1330. The maximum atomic E-state index is 13.2. The molecule has 172 valence electrons. The Hall–Kier alpha value is -3.42. The molecular formula is C26H23ClN4O2S. The van der Waals surface area contributed by atoms with Gasteiger partial charge in [-0.3, -0.25) is 4.90 Å². The number of aromatic nitrogens is 2. The Morgan fingerprint density at radius 2 is 1.85 bits per heavy atom. The normalized spacial score (nSPS) is 16.1. The number of allylic oxidation sites excluding steroid dienone is 1.